The van der Waals surface area contributed by atoms with E-state index in [0.717, 1.165) is 26.2 Å². The maximum absolute atomic E-state index is 10.9. The molecule has 0 radical (unpaired) electrons. The number of nitrogens with zero attached hydrogens (tertiary/aromatic N) is 1. The first kappa shape index (κ1) is 11.5. The third kappa shape index (κ3) is 3.27. The van der Waals surface area contributed by atoms with E-state index < -0.39 is 0 Å². The summed E-state index contributed by atoms with van der Waals surface area (Å²) in [4.78, 5) is 13.3. The third-order valence-corrected chi connectivity index (χ3v) is 2.80. The highest BCUT2D eigenvalue weighted by Crippen LogP contribution is 2.14. The van der Waals surface area contributed by atoms with Crippen LogP contribution in [0.3, 0.4) is 0 Å². The lowest BCUT2D eigenvalue weighted by molar-refractivity contribution is -0.119. The van der Waals surface area contributed by atoms with E-state index in [1.165, 1.54) is 0 Å². The Bertz CT molecular complexity index is 188. The van der Waals surface area contributed by atoms with Crippen molar-refractivity contribution in [1.82, 2.24) is 10.2 Å². The van der Waals surface area contributed by atoms with E-state index >= 15 is 0 Å². The second-order valence-electron chi connectivity index (χ2n) is 4.27. The third-order valence-electron chi connectivity index (χ3n) is 2.80. The Kier molecular flexibility index (Phi) is 4.35. The minimum absolute atomic E-state index is 0.192. The maximum Gasteiger partial charge on any atom is 0.219 e. The first-order chi connectivity index (χ1) is 6.61. The Morgan fingerprint density at radius 3 is 2.43 bits per heavy atom. The second-order valence-corrected chi connectivity index (χ2v) is 4.27. The van der Waals surface area contributed by atoms with E-state index in [0.29, 0.717) is 18.4 Å². The van der Waals surface area contributed by atoms with Crippen LogP contribution >= 0.6 is 0 Å². The van der Waals surface area contributed by atoms with Gasteiger partial charge in [-0.15, -0.1) is 0 Å². The number of hydrogen-bond donors (Lipinski definition) is 2. The van der Waals surface area contributed by atoms with Crippen LogP contribution in [0.5, 0.6) is 0 Å². The molecule has 1 unspecified atom stereocenters. The number of hydrogen-bond acceptors (Lipinski definition) is 3. The van der Waals surface area contributed by atoms with Crippen LogP contribution in [0.15, 0.2) is 0 Å². The molecule has 0 aliphatic carbocycles. The van der Waals surface area contributed by atoms with Crippen LogP contribution in [0.25, 0.3) is 0 Å². The molecule has 0 spiro atoms. The van der Waals surface area contributed by atoms with Gasteiger partial charge in [-0.1, -0.05) is 13.8 Å². The summed E-state index contributed by atoms with van der Waals surface area (Å²) < 4.78 is 0. The summed E-state index contributed by atoms with van der Waals surface area (Å²) in [5.74, 6) is 0.294. The van der Waals surface area contributed by atoms with Crippen LogP contribution in [0.4, 0.5) is 0 Å². The number of primary amides is 1. The quantitative estimate of drug-likeness (QED) is 0.659. The predicted molar refractivity (Wildman–Crippen MR) is 56.9 cm³/mol. The summed E-state index contributed by atoms with van der Waals surface area (Å²) in [5.41, 5.74) is 5.26. The Labute approximate surface area is 85.8 Å². The lowest BCUT2D eigenvalue weighted by Gasteiger charge is -2.36. The van der Waals surface area contributed by atoms with Gasteiger partial charge in [0.25, 0.3) is 0 Å². The van der Waals surface area contributed by atoms with Crippen molar-refractivity contribution in [1.29, 1.82) is 0 Å². The van der Waals surface area contributed by atoms with Gasteiger partial charge >= 0.3 is 0 Å². The van der Waals surface area contributed by atoms with Gasteiger partial charge in [-0.05, 0) is 5.92 Å². The van der Waals surface area contributed by atoms with Crippen LogP contribution in [0.2, 0.25) is 0 Å². The van der Waals surface area contributed by atoms with Gasteiger partial charge in [0.1, 0.15) is 0 Å². The Morgan fingerprint density at radius 2 is 2.00 bits per heavy atom. The van der Waals surface area contributed by atoms with Gasteiger partial charge in [0.05, 0.1) is 0 Å². The van der Waals surface area contributed by atoms with E-state index in [1.807, 2.05) is 0 Å². The summed E-state index contributed by atoms with van der Waals surface area (Å²) in [6.07, 6.45) is 0.484. The van der Waals surface area contributed by atoms with Crippen molar-refractivity contribution in [2.24, 2.45) is 11.7 Å². The fourth-order valence-corrected chi connectivity index (χ4v) is 2.01. The summed E-state index contributed by atoms with van der Waals surface area (Å²) in [7, 11) is 0. The summed E-state index contributed by atoms with van der Waals surface area (Å²) >= 11 is 0. The van der Waals surface area contributed by atoms with Crippen molar-refractivity contribution < 1.29 is 4.79 Å². The molecule has 14 heavy (non-hydrogen) atoms. The molecule has 1 aliphatic heterocycles. The molecule has 0 saturated carbocycles. The highest BCUT2D eigenvalue weighted by molar-refractivity contribution is 5.74. The molecule has 82 valence electrons. The number of carbonyl (C=O) groups excluding carboxylic acids is 1. The number of rotatable bonds is 4. The van der Waals surface area contributed by atoms with Crippen molar-refractivity contribution in [3.8, 4) is 0 Å². The Morgan fingerprint density at radius 1 is 1.43 bits per heavy atom. The second kappa shape index (κ2) is 5.32. The van der Waals surface area contributed by atoms with E-state index in [9.17, 15) is 4.79 Å². The van der Waals surface area contributed by atoms with E-state index in [4.69, 9.17) is 5.73 Å². The van der Waals surface area contributed by atoms with E-state index in [2.05, 4.69) is 24.1 Å². The molecule has 0 aromatic carbocycles. The molecule has 0 aromatic rings. The Balaban J connectivity index is 2.51. The average molecular weight is 199 g/mol. The summed E-state index contributed by atoms with van der Waals surface area (Å²) in [6, 6.07) is 0.314. The standard InChI is InChI=1S/C10H21N3O/c1-8(2)9(7-10(11)14)13-5-3-12-4-6-13/h8-9,12H,3-7H2,1-2H3,(H2,11,14). The van der Waals surface area contributed by atoms with Crippen LogP contribution in [-0.4, -0.2) is 43.0 Å². The van der Waals surface area contributed by atoms with Crippen molar-refractivity contribution >= 4 is 5.91 Å². The molecule has 1 rings (SSSR count). The van der Waals surface area contributed by atoms with Gasteiger partial charge in [0.2, 0.25) is 5.91 Å². The average Bonchev–Trinajstić information content (AvgIpc) is 2.15. The number of amides is 1. The van der Waals surface area contributed by atoms with Crippen LogP contribution < -0.4 is 11.1 Å². The van der Waals surface area contributed by atoms with Gasteiger partial charge in [0, 0.05) is 38.6 Å². The first-order valence-corrected chi connectivity index (χ1v) is 5.34. The fraction of sp³-hybridized carbons (Fsp3) is 0.900. The molecule has 0 bridgehead atoms. The number of piperazine rings is 1. The zero-order chi connectivity index (χ0) is 10.6. The molecular formula is C10H21N3O. The summed E-state index contributed by atoms with van der Waals surface area (Å²) in [6.45, 7) is 8.38. The van der Waals surface area contributed by atoms with Crippen LogP contribution in [0.1, 0.15) is 20.3 Å². The first-order valence-electron chi connectivity index (χ1n) is 5.34. The van der Waals surface area contributed by atoms with Gasteiger partial charge in [-0.3, -0.25) is 9.69 Å². The molecular weight excluding hydrogens is 178 g/mol. The van der Waals surface area contributed by atoms with Gasteiger partial charge in [-0.2, -0.15) is 0 Å². The molecule has 0 aromatic heterocycles. The lowest BCUT2D eigenvalue weighted by atomic mass is 9.98. The molecule has 1 heterocycles. The fourth-order valence-electron chi connectivity index (χ4n) is 2.01. The molecule has 1 fully saturated rings. The topological polar surface area (TPSA) is 58.4 Å². The molecule has 4 heteroatoms. The zero-order valence-corrected chi connectivity index (χ0v) is 9.12. The molecule has 1 atom stereocenters. The minimum atomic E-state index is -0.192. The van der Waals surface area contributed by atoms with E-state index in [1.54, 1.807) is 0 Å². The van der Waals surface area contributed by atoms with Crippen LogP contribution in [0, 0.1) is 5.92 Å². The summed E-state index contributed by atoms with van der Waals surface area (Å²) in [5, 5.41) is 3.30. The van der Waals surface area contributed by atoms with E-state index in [-0.39, 0.29) is 5.91 Å². The molecule has 4 nitrogen and oxygen atoms in total. The molecule has 3 N–H and O–H groups in total. The maximum atomic E-state index is 10.9. The van der Waals surface area contributed by atoms with Crippen molar-refractivity contribution in [2.45, 2.75) is 26.3 Å². The van der Waals surface area contributed by atoms with Crippen molar-refractivity contribution in [2.75, 3.05) is 26.2 Å². The molecule has 1 aliphatic rings. The largest absolute Gasteiger partial charge is 0.370 e. The molecule has 1 saturated heterocycles. The predicted octanol–water partition coefficient (Wildman–Crippen LogP) is -0.208. The Hall–Kier alpha value is -0.610. The highest BCUT2D eigenvalue weighted by Gasteiger charge is 2.24. The van der Waals surface area contributed by atoms with Gasteiger partial charge in [-0.25, -0.2) is 0 Å². The number of carbonyl (C=O) groups is 1. The monoisotopic (exact) mass is 199 g/mol. The molecule has 1 amide bonds. The zero-order valence-electron chi connectivity index (χ0n) is 9.12. The number of nitrogens with two attached hydrogens (primary N) is 1. The SMILES string of the molecule is CC(C)C(CC(N)=O)N1CCNCC1. The smallest absolute Gasteiger partial charge is 0.219 e. The lowest BCUT2D eigenvalue weighted by Crippen LogP contribution is -2.51. The highest BCUT2D eigenvalue weighted by atomic mass is 16.1. The van der Waals surface area contributed by atoms with Crippen LogP contribution in [-0.2, 0) is 4.79 Å². The number of nitrogens with one attached hydrogen (secondary N) is 1. The minimum Gasteiger partial charge on any atom is -0.370 e. The van der Waals surface area contributed by atoms with Gasteiger partial charge in [0.15, 0.2) is 0 Å². The van der Waals surface area contributed by atoms with Crippen molar-refractivity contribution in [3.05, 3.63) is 0 Å². The van der Waals surface area contributed by atoms with Crippen molar-refractivity contribution in [3.63, 3.8) is 0 Å². The normalized spacial score (nSPS) is 21.1. The van der Waals surface area contributed by atoms with Gasteiger partial charge < -0.3 is 11.1 Å².